The maximum absolute atomic E-state index is 14.2. The minimum atomic E-state index is -0.656. The Kier molecular flexibility index (Phi) is 7.57. The average Bonchev–Trinajstić information content (AvgIpc) is 3.22. The molecule has 1 atom stereocenters. The lowest BCUT2D eigenvalue weighted by molar-refractivity contribution is 0.0700. The van der Waals surface area contributed by atoms with Crippen molar-refractivity contribution in [1.29, 1.82) is 0 Å². The Hall–Kier alpha value is -2.55. The molecule has 33 heavy (non-hydrogen) atoms. The molecule has 0 saturated carbocycles. The molecule has 174 valence electrons. The number of piperidine rings is 1. The van der Waals surface area contributed by atoms with Crippen molar-refractivity contribution in [2.45, 2.75) is 31.9 Å². The summed E-state index contributed by atoms with van der Waals surface area (Å²) in [5.41, 5.74) is 2.52. The molecule has 1 aliphatic rings. The number of ether oxygens (including phenoxy) is 1. The first-order chi connectivity index (χ1) is 15.9. The van der Waals surface area contributed by atoms with Crippen LogP contribution in [0.25, 0.3) is 0 Å². The number of nitrogens with one attached hydrogen (secondary N) is 1. The summed E-state index contributed by atoms with van der Waals surface area (Å²) in [5.74, 6) is -1.31. The number of likely N-dealkylation sites (tertiary alicyclic amines) is 1. The number of thiazole rings is 1. The van der Waals surface area contributed by atoms with Crippen LogP contribution in [0, 0.1) is 18.6 Å². The van der Waals surface area contributed by atoms with E-state index in [9.17, 15) is 13.6 Å². The van der Waals surface area contributed by atoms with E-state index >= 15 is 0 Å². The van der Waals surface area contributed by atoms with E-state index in [0.717, 1.165) is 23.4 Å². The van der Waals surface area contributed by atoms with Crippen molar-refractivity contribution in [2.75, 3.05) is 19.6 Å². The van der Waals surface area contributed by atoms with Gasteiger partial charge in [-0.25, -0.2) is 13.8 Å². The lowest BCUT2D eigenvalue weighted by atomic mass is 10.0. The molecule has 2 heterocycles. The van der Waals surface area contributed by atoms with Crippen molar-refractivity contribution in [3.8, 4) is 5.75 Å². The fourth-order valence-corrected chi connectivity index (χ4v) is 5.22. The van der Waals surface area contributed by atoms with E-state index in [0.29, 0.717) is 13.1 Å². The lowest BCUT2D eigenvalue weighted by Gasteiger charge is -2.37. The van der Waals surface area contributed by atoms with Gasteiger partial charge in [-0.15, -0.1) is 11.3 Å². The van der Waals surface area contributed by atoms with Crippen molar-refractivity contribution in [1.82, 2.24) is 15.2 Å². The van der Waals surface area contributed by atoms with E-state index in [4.69, 9.17) is 16.3 Å². The Labute approximate surface area is 200 Å². The number of nitrogens with zero attached hydrogens (tertiary/aromatic N) is 2. The van der Waals surface area contributed by atoms with Crippen LogP contribution < -0.4 is 10.1 Å². The number of amides is 1. The first-order valence-corrected chi connectivity index (χ1v) is 12.0. The maximum Gasteiger partial charge on any atom is 0.255 e. The highest BCUT2D eigenvalue weighted by atomic mass is 35.5. The highest BCUT2D eigenvalue weighted by molar-refractivity contribution is 7.09. The van der Waals surface area contributed by atoms with Gasteiger partial charge >= 0.3 is 0 Å². The standard InChI is InChI=1S/C24H24ClF2N3O2S/c1-15-23(33-14-29-15)20(13-28-24(31)22-17(25)5-4-7-19(22)27)30-11-9-16(10-12-30)32-21-8-3-2-6-18(21)26/h2-8,14,16,20H,9-13H2,1H3,(H,28,31). The molecule has 0 radical (unpaired) electrons. The molecule has 1 N–H and O–H groups in total. The summed E-state index contributed by atoms with van der Waals surface area (Å²) in [6.45, 7) is 3.63. The van der Waals surface area contributed by atoms with Gasteiger partial charge in [-0.05, 0) is 44.0 Å². The van der Waals surface area contributed by atoms with Gasteiger partial charge in [0.1, 0.15) is 11.9 Å². The summed E-state index contributed by atoms with van der Waals surface area (Å²) in [6, 6.07) is 10.5. The largest absolute Gasteiger partial charge is 0.487 e. The number of hydrogen-bond acceptors (Lipinski definition) is 5. The minimum Gasteiger partial charge on any atom is -0.487 e. The first-order valence-electron chi connectivity index (χ1n) is 10.7. The van der Waals surface area contributed by atoms with Crippen LogP contribution in [0.5, 0.6) is 5.75 Å². The van der Waals surface area contributed by atoms with E-state index in [1.807, 2.05) is 6.92 Å². The smallest absolute Gasteiger partial charge is 0.255 e. The summed E-state index contributed by atoms with van der Waals surface area (Å²) in [7, 11) is 0. The zero-order valence-corrected chi connectivity index (χ0v) is 19.6. The molecule has 1 fully saturated rings. The number of halogens is 3. The molecule has 1 amide bonds. The van der Waals surface area contributed by atoms with Gasteiger partial charge in [-0.2, -0.15) is 0 Å². The van der Waals surface area contributed by atoms with Crippen LogP contribution >= 0.6 is 22.9 Å². The van der Waals surface area contributed by atoms with Crippen molar-refractivity contribution < 1.29 is 18.3 Å². The summed E-state index contributed by atoms with van der Waals surface area (Å²) < 4.78 is 34.0. The highest BCUT2D eigenvalue weighted by Crippen LogP contribution is 2.31. The van der Waals surface area contributed by atoms with Crippen molar-refractivity contribution in [3.05, 3.63) is 80.8 Å². The van der Waals surface area contributed by atoms with Crippen LogP contribution in [0.1, 0.15) is 39.8 Å². The molecular weight excluding hydrogens is 468 g/mol. The quantitative estimate of drug-likeness (QED) is 0.481. The number of rotatable bonds is 7. The zero-order chi connectivity index (χ0) is 23.4. The average molecular weight is 492 g/mol. The Morgan fingerprint density at radius 1 is 1.21 bits per heavy atom. The highest BCUT2D eigenvalue weighted by Gasteiger charge is 2.30. The summed E-state index contributed by atoms with van der Waals surface area (Å²) in [6.07, 6.45) is 1.35. The molecule has 1 unspecified atom stereocenters. The van der Waals surface area contributed by atoms with Crippen LogP contribution in [0.15, 0.2) is 48.0 Å². The third kappa shape index (κ3) is 5.51. The molecule has 1 aromatic heterocycles. The minimum absolute atomic E-state index is 0.0733. The molecule has 0 bridgehead atoms. The second kappa shape index (κ2) is 10.6. The number of benzene rings is 2. The van der Waals surface area contributed by atoms with Gasteiger partial charge < -0.3 is 10.1 Å². The third-order valence-corrected chi connectivity index (χ3v) is 7.13. The molecule has 2 aromatic carbocycles. The van der Waals surface area contributed by atoms with Crippen molar-refractivity contribution >= 4 is 28.8 Å². The normalized spacial score (nSPS) is 15.9. The van der Waals surface area contributed by atoms with Gasteiger partial charge in [-0.1, -0.05) is 29.8 Å². The van der Waals surface area contributed by atoms with Crippen LogP contribution in [0.3, 0.4) is 0 Å². The van der Waals surface area contributed by atoms with Crippen molar-refractivity contribution in [2.24, 2.45) is 0 Å². The molecule has 5 nitrogen and oxygen atoms in total. The Morgan fingerprint density at radius 3 is 2.61 bits per heavy atom. The van der Waals surface area contributed by atoms with Crippen LogP contribution in [0.4, 0.5) is 8.78 Å². The Bertz CT molecular complexity index is 1100. The van der Waals surface area contributed by atoms with Gasteiger partial charge in [0, 0.05) is 24.5 Å². The summed E-state index contributed by atoms with van der Waals surface area (Å²) in [4.78, 5) is 20.4. The Morgan fingerprint density at radius 2 is 1.94 bits per heavy atom. The fourth-order valence-electron chi connectivity index (χ4n) is 4.04. The van der Waals surface area contributed by atoms with Gasteiger partial charge in [0.25, 0.3) is 5.91 Å². The fraction of sp³-hybridized carbons (Fsp3) is 0.333. The molecule has 1 saturated heterocycles. The van der Waals surface area contributed by atoms with E-state index in [1.54, 1.807) is 23.7 Å². The van der Waals surface area contributed by atoms with E-state index < -0.39 is 11.7 Å². The number of aryl methyl sites for hydroxylation is 1. The SMILES string of the molecule is Cc1ncsc1C(CNC(=O)c1c(F)cccc1Cl)N1CCC(Oc2ccccc2F)CC1. The topological polar surface area (TPSA) is 54.5 Å². The molecule has 1 aliphatic heterocycles. The molecular formula is C24H24ClF2N3O2S. The van der Waals surface area contributed by atoms with E-state index in [1.165, 1.54) is 35.6 Å². The predicted molar refractivity (Wildman–Crippen MR) is 125 cm³/mol. The van der Waals surface area contributed by atoms with Crippen LogP contribution in [0.2, 0.25) is 5.02 Å². The van der Waals surface area contributed by atoms with Gasteiger partial charge in [0.15, 0.2) is 11.6 Å². The number of carbonyl (C=O) groups excluding carboxylic acids is 1. The number of aromatic nitrogens is 1. The predicted octanol–water partition coefficient (Wildman–Crippen LogP) is 5.40. The summed E-state index contributed by atoms with van der Waals surface area (Å²) >= 11 is 7.57. The second-order valence-corrected chi connectivity index (χ2v) is 9.20. The van der Waals surface area contributed by atoms with E-state index in [2.05, 4.69) is 15.2 Å². The molecule has 3 aromatic rings. The van der Waals surface area contributed by atoms with Crippen molar-refractivity contribution in [3.63, 3.8) is 0 Å². The second-order valence-electron chi connectivity index (χ2n) is 7.91. The van der Waals surface area contributed by atoms with Gasteiger partial charge in [-0.3, -0.25) is 9.69 Å². The first kappa shape index (κ1) is 23.6. The van der Waals surface area contributed by atoms with Crippen LogP contribution in [-0.2, 0) is 0 Å². The number of para-hydroxylation sites is 1. The molecule has 0 aliphatic carbocycles. The maximum atomic E-state index is 14.2. The van der Waals surface area contributed by atoms with Gasteiger partial charge in [0.05, 0.1) is 27.8 Å². The van der Waals surface area contributed by atoms with Gasteiger partial charge in [0.2, 0.25) is 0 Å². The Balaban J connectivity index is 1.43. The number of carbonyl (C=O) groups is 1. The van der Waals surface area contributed by atoms with Crippen LogP contribution in [-0.4, -0.2) is 41.5 Å². The molecule has 9 heteroatoms. The number of hydrogen-bond donors (Lipinski definition) is 1. The third-order valence-electron chi connectivity index (χ3n) is 5.78. The molecule has 4 rings (SSSR count). The molecule has 0 spiro atoms. The summed E-state index contributed by atoms with van der Waals surface area (Å²) in [5, 5.41) is 2.92. The lowest BCUT2D eigenvalue weighted by Crippen LogP contribution is -2.44. The van der Waals surface area contributed by atoms with E-state index in [-0.39, 0.29) is 40.8 Å². The monoisotopic (exact) mass is 491 g/mol. The zero-order valence-electron chi connectivity index (χ0n) is 18.1.